The number of aromatic nitrogens is 2. The number of halogens is 1. The minimum absolute atomic E-state index is 0.113. The van der Waals surface area contributed by atoms with Crippen molar-refractivity contribution in [1.29, 1.82) is 0 Å². The minimum Gasteiger partial charge on any atom is -0.337 e. The Bertz CT molecular complexity index is 925. The van der Waals surface area contributed by atoms with Crippen LogP contribution in [0.3, 0.4) is 0 Å². The van der Waals surface area contributed by atoms with E-state index in [4.69, 9.17) is 16.1 Å². The number of benzene rings is 2. The molecule has 3 aromatic rings. The molecule has 6 nitrogen and oxygen atoms in total. The van der Waals surface area contributed by atoms with E-state index in [1.165, 1.54) is 24.3 Å². The van der Waals surface area contributed by atoms with E-state index < -0.39 is 16.1 Å². The van der Waals surface area contributed by atoms with Crippen LogP contribution in [-0.4, -0.2) is 18.6 Å². The Hall–Kier alpha value is -2.22. The molecule has 1 aromatic heterocycles. The van der Waals surface area contributed by atoms with Crippen LogP contribution >= 0.6 is 11.6 Å². The summed E-state index contributed by atoms with van der Waals surface area (Å²) in [6.07, 6.45) is 0. The maximum Gasteiger partial charge on any atom is 0.244 e. The molecule has 0 bridgehead atoms. The fourth-order valence-electron chi connectivity index (χ4n) is 2.08. The average Bonchev–Trinajstić information content (AvgIpc) is 3.06. The van der Waals surface area contributed by atoms with Crippen LogP contribution < -0.4 is 4.72 Å². The number of nitrogens with zero attached hydrogens (tertiary/aromatic N) is 2. The molecule has 0 spiro atoms. The molecule has 0 aliphatic rings. The second-order valence-electron chi connectivity index (χ2n) is 5.12. The Morgan fingerprint density at radius 1 is 1.08 bits per heavy atom. The van der Waals surface area contributed by atoms with E-state index in [1.54, 1.807) is 6.92 Å². The molecule has 0 aliphatic heterocycles. The molecule has 0 fully saturated rings. The van der Waals surface area contributed by atoms with Crippen LogP contribution in [0.2, 0.25) is 5.02 Å². The Balaban J connectivity index is 1.79. The number of hydrogen-bond donors (Lipinski definition) is 1. The molecule has 0 saturated carbocycles. The summed E-state index contributed by atoms with van der Waals surface area (Å²) in [6, 6.07) is 14.5. The molecule has 24 heavy (non-hydrogen) atoms. The van der Waals surface area contributed by atoms with Gasteiger partial charge in [0.15, 0.2) is 0 Å². The summed E-state index contributed by atoms with van der Waals surface area (Å²) in [5.41, 5.74) is 0.792. The highest BCUT2D eigenvalue weighted by Gasteiger charge is 2.22. The summed E-state index contributed by atoms with van der Waals surface area (Å²) in [7, 11) is -3.72. The standard InChI is InChI=1S/C16H14ClN3O3S/c1-11(20-24(21,22)14-9-7-13(17)8-10-14)16-18-15(19-23-16)12-5-3-2-4-6-12/h2-11,20H,1H3/t11-/m1/s1. The van der Waals surface area contributed by atoms with Gasteiger partial charge in [-0.2, -0.15) is 9.71 Å². The molecule has 3 rings (SSSR count). The fourth-order valence-corrected chi connectivity index (χ4v) is 3.40. The molecule has 2 aromatic carbocycles. The van der Waals surface area contributed by atoms with Crippen molar-refractivity contribution in [2.75, 3.05) is 0 Å². The van der Waals surface area contributed by atoms with Gasteiger partial charge in [0.25, 0.3) is 0 Å². The molecule has 8 heteroatoms. The lowest BCUT2D eigenvalue weighted by atomic mass is 10.2. The summed E-state index contributed by atoms with van der Waals surface area (Å²) >= 11 is 5.78. The van der Waals surface area contributed by atoms with Gasteiger partial charge in [-0.1, -0.05) is 47.1 Å². The van der Waals surface area contributed by atoms with Gasteiger partial charge in [-0.15, -0.1) is 0 Å². The lowest BCUT2D eigenvalue weighted by molar-refractivity contribution is 0.354. The second-order valence-corrected chi connectivity index (χ2v) is 7.27. The highest BCUT2D eigenvalue weighted by molar-refractivity contribution is 7.89. The van der Waals surface area contributed by atoms with Gasteiger partial charge in [0.2, 0.25) is 21.7 Å². The predicted molar refractivity (Wildman–Crippen MR) is 89.9 cm³/mol. The summed E-state index contributed by atoms with van der Waals surface area (Å²) in [6.45, 7) is 1.63. The molecule has 0 radical (unpaired) electrons. The molecule has 1 heterocycles. The molecule has 124 valence electrons. The highest BCUT2D eigenvalue weighted by atomic mass is 35.5. The van der Waals surface area contributed by atoms with Crippen LogP contribution in [0.15, 0.2) is 64.0 Å². The average molecular weight is 364 g/mol. The Labute approximate surface area is 144 Å². The van der Waals surface area contributed by atoms with E-state index in [2.05, 4.69) is 14.9 Å². The van der Waals surface area contributed by atoms with Crippen LogP contribution in [0, 0.1) is 0 Å². The van der Waals surface area contributed by atoms with Crippen LogP contribution in [0.25, 0.3) is 11.4 Å². The van der Waals surface area contributed by atoms with E-state index in [0.29, 0.717) is 10.8 Å². The normalized spacial score (nSPS) is 12.9. The minimum atomic E-state index is -3.72. The van der Waals surface area contributed by atoms with Crippen molar-refractivity contribution in [1.82, 2.24) is 14.9 Å². The van der Waals surface area contributed by atoms with Gasteiger partial charge in [0.05, 0.1) is 10.9 Å². The third kappa shape index (κ3) is 3.64. The van der Waals surface area contributed by atoms with Gasteiger partial charge in [-0.3, -0.25) is 0 Å². The third-order valence-electron chi connectivity index (χ3n) is 3.30. The van der Waals surface area contributed by atoms with Crippen molar-refractivity contribution in [3.8, 4) is 11.4 Å². The summed E-state index contributed by atoms with van der Waals surface area (Å²) < 4.78 is 32.4. The van der Waals surface area contributed by atoms with Gasteiger partial charge >= 0.3 is 0 Å². The van der Waals surface area contributed by atoms with Crippen molar-refractivity contribution >= 4 is 21.6 Å². The van der Waals surface area contributed by atoms with E-state index in [0.717, 1.165) is 5.56 Å². The van der Waals surface area contributed by atoms with Crippen molar-refractivity contribution in [3.05, 3.63) is 65.5 Å². The highest BCUT2D eigenvalue weighted by Crippen LogP contribution is 2.20. The Morgan fingerprint density at radius 3 is 2.42 bits per heavy atom. The first-order chi connectivity index (χ1) is 11.5. The quantitative estimate of drug-likeness (QED) is 0.750. The van der Waals surface area contributed by atoms with Crippen LogP contribution in [0.4, 0.5) is 0 Å². The topological polar surface area (TPSA) is 85.1 Å². The van der Waals surface area contributed by atoms with Gasteiger partial charge in [-0.05, 0) is 31.2 Å². The van der Waals surface area contributed by atoms with Gasteiger partial charge in [-0.25, -0.2) is 8.42 Å². The largest absolute Gasteiger partial charge is 0.337 e. The van der Waals surface area contributed by atoms with Gasteiger partial charge < -0.3 is 4.52 Å². The summed E-state index contributed by atoms with van der Waals surface area (Å²) in [4.78, 5) is 4.36. The van der Waals surface area contributed by atoms with Gasteiger partial charge in [0, 0.05) is 10.6 Å². The molecule has 1 atom stereocenters. The number of hydrogen-bond acceptors (Lipinski definition) is 5. The Kier molecular flexibility index (Phi) is 4.66. The monoisotopic (exact) mass is 363 g/mol. The van der Waals surface area contributed by atoms with Crippen LogP contribution in [0.5, 0.6) is 0 Å². The maximum atomic E-state index is 12.4. The van der Waals surface area contributed by atoms with E-state index >= 15 is 0 Å². The zero-order chi connectivity index (χ0) is 17.2. The van der Waals surface area contributed by atoms with Crippen LogP contribution in [0.1, 0.15) is 18.9 Å². The van der Waals surface area contributed by atoms with E-state index in [-0.39, 0.29) is 10.8 Å². The first-order valence-corrected chi connectivity index (χ1v) is 8.99. The molecular formula is C16H14ClN3O3S. The first-order valence-electron chi connectivity index (χ1n) is 7.12. The summed E-state index contributed by atoms with van der Waals surface area (Å²) in [5.74, 6) is 0.592. The van der Waals surface area contributed by atoms with Crippen molar-refractivity contribution in [2.45, 2.75) is 17.9 Å². The second kappa shape index (κ2) is 6.72. The zero-order valence-corrected chi connectivity index (χ0v) is 14.3. The number of nitrogens with one attached hydrogen (secondary N) is 1. The van der Waals surface area contributed by atoms with Gasteiger partial charge in [0.1, 0.15) is 0 Å². The smallest absolute Gasteiger partial charge is 0.244 e. The van der Waals surface area contributed by atoms with Crippen LogP contribution in [-0.2, 0) is 10.0 Å². The number of rotatable bonds is 5. The lowest BCUT2D eigenvalue weighted by Crippen LogP contribution is -2.27. The molecule has 0 unspecified atom stereocenters. The van der Waals surface area contributed by atoms with E-state index in [9.17, 15) is 8.42 Å². The summed E-state index contributed by atoms with van der Waals surface area (Å²) in [5, 5.41) is 4.35. The molecule has 1 N–H and O–H groups in total. The SMILES string of the molecule is C[C@@H](NS(=O)(=O)c1ccc(Cl)cc1)c1nc(-c2ccccc2)no1. The zero-order valence-electron chi connectivity index (χ0n) is 12.7. The third-order valence-corrected chi connectivity index (χ3v) is 5.11. The van der Waals surface area contributed by atoms with E-state index in [1.807, 2.05) is 30.3 Å². The molecular weight excluding hydrogens is 350 g/mol. The van der Waals surface area contributed by atoms with Crippen molar-refractivity contribution < 1.29 is 12.9 Å². The first kappa shape index (κ1) is 16.6. The molecule has 0 aliphatic carbocycles. The van der Waals surface area contributed by atoms with Crippen molar-refractivity contribution in [3.63, 3.8) is 0 Å². The lowest BCUT2D eigenvalue weighted by Gasteiger charge is -2.10. The number of sulfonamides is 1. The fraction of sp³-hybridized carbons (Fsp3) is 0.125. The van der Waals surface area contributed by atoms with Crippen molar-refractivity contribution in [2.24, 2.45) is 0 Å². The maximum absolute atomic E-state index is 12.4. The Morgan fingerprint density at radius 2 is 1.75 bits per heavy atom. The predicted octanol–water partition coefficient (Wildman–Crippen LogP) is 3.43. The molecule has 0 amide bonds. The molecule has 0 saturated heterocycles.